The molecule has 32 heavy (non-hydrogen) atoms. The first-order valence-corrected chi connectivity index (χ1v) is 11.5. The van der Waals surface area contributed by atoms with E-state index in [0.29, 0.717) is 12.3 Å². The molecule has 0 aliphatic carbocycles. The lowest BCUT2D eigenvalue weighted by molar-refractivity contribution is -0.141. The Hall–Kier alpha value is -2.71. The van der Waals surface area contributed by atoms with Crippen LogP contribution in [0.4, 0.5) is 0 Å². The number of Topliss-reactive ketones (excluding diaryl/α,β-unsaturated/α-hetero) is 1. The smallest absolute Gasteiger partial charge is 0.290 e. The molecule has 4 amide bonds. The number of carbonyl (C=O) groups is 5. The van der Waals surface area contributed by atoms with Crippen molar-refractivity contribution in [1.29, 1.82) is 0 Å². The Bertz CT molecular complexity index is 719. The van der Waals surface area contributed by atoms with E-state index < -0.39 is 47.5 Å². The molecule has 0 radical (unpaired) electrons. The topological polar surface area (TPSA) is 133 Å². The van der Waals surface area contributed by atoms with E-state index in [9.17, 15) is 24.0 Å². The quantitative estimate of drug-likeness (QED) is 0.339. The second-order valence-corrected chi connectivity index (χ2v) is 8.78. The third-order valence-corrected chi connectivity index (χ3v) is 5.61. The average Bonchev–Trinajstić information content (AvgIpc) is 2.75. The molecule has 1 rings (SSSR count). The number of rotatable bonds is 7. The normalized spacial score (nSPS) is 24.6. The molecular formula is C23H38N4O5. The summed E-state index contributed by atoms with van der Waals surface area (Å²) >= 11 is 0. The number of nitrogens with one attached hydrogen (secondary N) is 4. The monoisotopic (exact) mass is 450 g/mol. The Labute approximate surface area is 190 Å². The molecule has 4 N–H and O–H groups in total. The second-order valence-electron chi connectivity index (χ2n) is 8.78. The lowest BCUT2D eigenvalue weighted by atomic mass is 10.0. The van der Waals surface area contributed by atoms with Crippen LogP contribution in [0, 0.1) is 11.8 Å². The average molecular weight is 451 g/mol. The van der Waals surface area contributed by atoms with E-state index in [1.54, 1.807) is 19.9 Å². The van der Waals surface area contributed by atoms with E-state index in [0.717, 1.165) is 19.3 Å². The van der Waals surface area contributed by atoms with Gasteiger partial charge in [0.25, 0.3) is 5.91 Å². The number of ketones is 1. The minimum Gasteiger partial charge on any atom is -0.354 e. The third-order valence-electron chi connectivity index (χ3n) is 5.61. The predicted molar refractivity (Wildman–Crippen MR) is 121 cm³/mol. The highest BCUT2D eigenvalue weighted by Crippen LogP contribution is 2.09. The Morgan fingerprint density at radius 1 is 1.12 bits per heavy atom. The molecule has 180 valence electrons. The highest BCUT2D eigenvalue weighted by atomic mass is 16.2. The van der Waals surface area contributed by atoms with Gasteiger partial charge in [0.15, 0.2) is 0 Å². The number of hydrogen-bond donors (Lipinski definition) is 4. The Balaban J connectivity index is 2.87. The summed E-state index contributed by atoms with van der Waals surface area (Å²) in [5, 5.41) is 10.3. The summed E-state index contributed by atoms with van der Waals surface area (Å²) in [7, 11) is 0. The zero-order valence-corrected chi connectivity index (χ0v) is 19.8. The molecule has 9 nitrogen and oxygen atoms in total. The number of allylic oxidation sites excluding steroid dienone is 1. The van der Waals surface area contributed by atoms with Crippen LogP contribution >= 0.6 is 0 Å². The van der Waals surface area contributed by atoms with Crippen LogP contribution in [0.5, 0.6) is 0 Å². The molecule has 4 atom stereocenters. The van der Waals surface area contributed by atoms with Crippen molar-refractivity contribution in [3.63, 3.8) is 0 Å². The van der Waals surface area contributed by atoms with Gasteiger partial charge in [-0.3, -0.25) is 24.0 Å². The van der Waals surface area contributed by atoms with Crippen molar-refractivity contribution < 1.29 is 24.0 Å². The van der Waals surface area contributed by atoms with Crippen molar-refractivity contribution in [3.05, 3.63) is 12.2 Å². The summed E-state index contributed by atoms with van der Waals surface area (Å²) in [6, 6.07) is -2.84. The van der Waals surface area contributed by atoms with Crippen LogP contribution < -0.4 is 21.3 Å². The highest BCUT2D eigenvalue weighted by molar-refractivity contribution is 6.38. The first-order valence-electron chi connectivity index (χ1n) is 11.5. The maximum atomic E-state index is 12.7. The molecule has 0 aromatic carbocycles. The molecule has 1 saturated heterocycles. The maximum absolute atomic E-state index is 12.7. The SMILES string of the molecule is CCC(C)CC/C=C/C(=O)NC1CCCNC(=O)C(C(C)C)NC(=O)C(=O)C(C)NC1=O. The Morgan fingerprint density at radius 2 is 1.81 bits per heavy atom. The fraction of sp³-hybridized carbons (Fsp3) is 0.696. The molecule has 0 aromatic heterocycles. The Kier molecular flexibility index (Phi) is 11.7. The summed E-state index contributed by atoms with van der Waals surface area (Å²) in [4.78, 5) is 62.1. The van der Waals surface area contributed by atoms with Gasteiger partial charge >= 0.3 is 0 Å². The van der Waals surface area contributed by atoms with Gasteiger partial charge in [-0.2, -0.15) is 0 Å². The summed E-state index contributed by atoms with van der Waals surface area (Å²) < 4.78 is 0. The van der Waals surface area contributed by atoms with Crippen LogP contribution in [0.2, 0.25) is 0 Å². The third kappa shape index (κ3) is 9.20. The van der Waals surface area contributed by atoms with E-state index in [4.69, 9.17) is 0 Å². The van der Waals surface area contributed by atoms with E-state index >= 15 is 0 Å². The molecule has 0 bridgehead atoms. The van der Waals surface area contributed by atoms with Crippen LogP contribution in [-0.4, -0.2) is 54.1 Å². The van der Waals surface area contributed by atoms with Crippen molar-refractivity contribution in [2.24, 2.45) is 11.8 Å². The van der Waals surface area contributed by atoms with Gasteiger partial charge in [0.2, 0.25) is 23.5 Å². The van der Waals surface area contributed by atoms with Gasteiger partial charge in [0.1, 0.15) is 12.1 Å². The van der Waals surface area contributed by atoms with Crippen molar-refractivity contribution >= 4 is 29.4 Å². The molecular weight excluding hydrogens is 412 g/mol. The zero-order chi connectivity index (χ0) is 24.3. The van der Waals surface area contributed by atoms with Gasteiger partial charge in [-0.1, -0.05) is 40.2 Å². The molecule has 0 spiro atoms. The van der Waals surface area contributed by atoms with E-state index in [1.807, 2.05) is 0 Å². The largest absolute Gasteiger partial charge is 0.354 e. The van der Waals surface area contributed by atoms with Gasteiger partial charge in [0, 0.05) is 6.54 Å². The molecule has 1 aliphatic heterocycles. The van der Waals surface area contributed by atoms with Crippen molar-refractivity contribution in [2.45, 2.75) is 84.8 Å². The van der Waals surface area contributed by atoms with Crippen LogP contribution in [0.1, 0.15) is 66.7 Å². The standard InChI is InChI=1S/C23H38N4O5/c1-6-15(4)10-7-8-12-18(28)26-17-11-9-13-24-22(31)19(14(2)3)27-23(32)20(29)16(5)25-21(17)30/h8,12,14-17,19H,6-7,9-11,13H2,1-5H3,(H,24,31)(H,25,30)(H,26,28)(H,27,32)/b12-8+. The minimum absolute atomic E-state index is 0.221. The van der Waals surface area contributed by atoms with Crippen LogP contribution in [0.25, 0.3) is 0 Å². The minimum atomic E-state index is -1.09. The van der Waals surface area contributed by atoms with Crippen molar-refractivity contribution in [3.8, 4) is 0 Å². The number of hydrogen-bond acceptors (Lipinski definition) is 5. The molecule has 1 heterocycles. The Morgan fingerprint density at radius 3 is 2.44 bits per heavy atom. The number of amides is 4. The van der Waals surface area contributed by atoms with E-state index in [2.05, 4.69) is 35.1 Å². The fourth-order valence-electron chi connectivity index (χ4n) is 3.22. The lowest BCUT2D eigenvalue weighted by Gasteiger charge is -2.22. The predicted octanol–water partition coefficient (Wildman–Crippen LogP) is 0.978. The summed E-state index contributed by atoms with van der Waals surface area (Å²) in [5.41, 5.74) is 0. The summed E-state index contributed by atoms with van der Waals surface area (Å²) in [6.07, 6.45) is 6.71. The van der Waals surface area contributed by atoms with Crippen LogP contribution in [0.3, 0.4) is 0 Å². The molecule has 1 aliphatic rings. The first kappa shape index (κ1) is 27.3. The van der Waals surface area contributed by atoms with Gasteiger partial charge in [-0.15, -0.1) is 0 Å². The molecule has 1 fully saturated rings. The van der Waals surface area contributed by atoms with Gasteiger partial charge in [0.05, 0.1) is 6.04 Å². The van der Waals surface area contributed by atoms with Gasteiger partial charge in [-0.05, 0) is 50.5 Å². The van der Waals surface area contributed by atoms with E-state index in [1.165, 1.54) is 13.0 Å². The van der Waals surface area contributed by atoms with Crippen molar-refractivity contribution in [2.75, 3.05) is 6.54 Å². The molecule has 0 saturated carbocycles. The fourth-order valence-corrected chi connectivity index (χ4v) is 3.22. The highest BCUT2D eigenvalue weighted by Gasteiger charge is 2.31. The van der Waals surface area contributed by atoms with Crippen LogP contribution in [-0.2, 0) is 24.0 Å². The van der Waals surface area contributed by atoms with Crippen LogP contribution in [0.15, 0.2) is 12.2 Å². The van der Waals surface area contributed by atoms with Gasteiger partial charge < -0.3 is 21.3 Å². The maximum Gasteiger partial charge on any atom is 0.290 e. The molecule has 4 unspecified atom stereocenters. The zero-order valence-electron chi connectivity index (χ0n) is 19.8. The van der Waals surface area contributed by atoms with Gasteiger partial charge in [-0.25, -0.2) is 0 Å². The lowest BCUT2D eigenvalue weighted by Crippen LogP contribution is -2.55. The second kappa shape index (κ2) is 13.6. The van der Waals surface area contributed by atoms with E-state index in [-0.39, 0.29) is 18.9 Å². The molecule has 9 heteroatoms. The summed E-state index contributed by atoms with van der Waals surface area (Å²) in [6.45, 7) is 9.46. The number of carbonyl (C=O) groups excluding carboxylic acids is 5. The summed E-state index contributed by atoms with van der Waals surface area (Å²) in [5.74, 6) is -2.78. The first-order chi connectivity index (χ1) is 15.1. The molecule has 0 aromatic rings. The van der Waals surface area contributed by atoms with Crippen molar-refractivity contribution in [1.82, 2.24) is 21.3 Å².